The Balaban J connectivity index is 1.48. The van der Waals surface area contributed by atoms with Gasteiger partial charge >= 0.3 is 0 Å². The number of carbonyl (C=O) groups is 1. The highest BCUT2D eigenvalue weighted by atomic mass is 19.1. The van der Waals surface area contributed by atoms with Gasteiger partial charge in [-0.25, -0.2) is 18.7 Å². The number of ether oxygens (including phenoxy) is 1. The van der Waals surface area contributed by atoms with E-state index in [2.05, 4.69) is 10.3 Å². The largest absolute Gasteiger partial charge is 0.481 e. The van der Waals surface area contributed by atoms with E-state index in [1.165, 1.54) is 6.07 Å². The summed E-state index contributed by atoms with van der Waals surface area (Å²) in [6.07, 6.45) is 5.35. The maximum atomic E-state index is 13.7. The first-order valence-corrected chi connectivity index (χ1v) is 9.54. The Hall–Kier alpha value is -2.61. The fraction of sp³-hybridized carbons (Fsp3) is 0.450. The number of amides is 1. The van der Waals surface area contributed by atoms with E-state index in [1.54, 1.807) is 4.90 Å². The maximum Gasteiger partial charge on any atom is 0.261 e. The van der Waals surface area contributed by atoms with Crippen LogP contribution < -0.4 is 10.1 Å². The molecule has 1 fully saturated rings. The highest BCUT2D eigenvalue weighted by molar-refractivity contribution is 5.78. The molecule has 1 saturated heterocycles. The van der Waals surface area contributed by atoms with Gasteiger partial charge in [-0.3, -0.25) is 4.79 Å². The highest BCUT2D eigenvalue weighted by Gasteiger charge is 2.31. The summed E-state index contributed by atoms with van der Waals surface area (Å²) in [5, 5.41) is 3.29. The zero-order chi connectivity index (χ0) is 19.5. The smallest absolute Gasteiger partial charge is 0.261 e. The van der Waals surface area contributed by atoms with Gasteiger partial charge in [-0.15, -0.1) is 0 Å². The second-order valence-corrected chi connectivity index (χ2v) is 7.09. The Morgan fingerprint density at radius 2 is 2.21 bits per heavy atom. The Kier molecular flexibility index (Phi) is 5.47. The number of benzene rings is 1. The van der Waals surface area contributed by atoms with Gasteiger partial charge in [0.05, 0.1) is 6.04 Å². The second-order valence-electron chi connectivity index (χ2n) is 7.09. The predicted octanol–water partition coefficient (Wildman–Crippen LogP) is 2.53. The summed E-state index contributed by atoms with van der Waals surface area (Å²) in [6, 6.07) is 2.82. The number of halogens is 2. The van der Waals surface area contributed by atoms with Crippen molar-refractivity contribution in [2.45, 2.75) is 38.3 Å². The molecule has 0 aliphatic carbocycles. The van der Waals surface area contributed by atoms with Gasteiger partial charge in [0.1, 0.15) is 5.82 Å². The van der Waals surface area contributed by atoms with Crippen molar-refractivity contribution < 1.29 is 18.3 Å². The normalized spacial score (nSPS) is 19.2. The van der Waals surface area contributed by atoms with Crippen LogP contribution in [0.15, 0.2) is 24.4 Å². The number of hydrogen-bond donors (Lipinski definition) is 1. The van der Waals surface area contributed by atoms with Gasteiger partial charge in [-0.05, 0) is 31.4 Å². The number of fused-ring (bicyclic) bond motifs is 1. The summed E-state index contributed by atoms with van der Waals surface area (Å²) < 4.78 is 32.0. The number of rotatable bonds is 4. The van der Waals surface area contributed by atoms with Crippen molar-refractivity contribution in [2.75, 3.05) is 19.7 Å². The third kappa shape index (κ3) is 3.96. The molecule has 0 radical (unpaired) electrons. The molecule has 8 heteroatoms. The zero-order valence-electron chi connectivity index (χ0n) is 15.5. The molecule has 1 aromatic carbocycles. The first-order valence-electron chi connectivity index (χ1n) is 9.54. The van der Waals surface area contributed by atoms with Crippen LogP contribution in [0.1, 0.15) is 42.4 Å². The van der Waals surface area contributed by atoms with Gasteiger partial charge in [0.25, 0.3) is 5.91 Å². The van der Waals surface area contributed by atoms with E-state index in [0.717, 1.165) is 62.2 Å². The minimum atomic E-state index is -0.824. The van der Waals surface area contributed by atoms with Gasteiger partial charge in [-0.1, -0.05) is 0 Å². The molecule has 0 spiro atoms. The average Bonchev–Trinajstić information content (AvgIpc) is 2.72. The lowest BCUT2D eigenvalue weighted by Gasteiger charge is -2.35. The molecule has 1 atom stereocenters. The molecule has 2 aliphatic heterocycles. The van der Waals surface area contributed by atoms with Crippen LogP contribution in [0.25, 0.3) is 0 Å². The first kappa shape index (κ1) is 18.7. The molecule has 2 aromatic rings. The van der Waals surface area contributed by atoms with Gasteiger partial charge in [-0.2, -0.15) is 0 Å². The SMILES string of the molecule is O=C(COc1ccc(F)cc1F)N1CCCC[C@H]1c1ncc2c(n1)CCNC2. The van der Waals surface area contributed by atoms with Crippen LogP contribution >= 0.6 is 0 Å². The Morgan fingerprint density at radius 1 is 1.32 bits per heavy atom. The van der Waals surface area contributed by atoms with E-state index < -0.39 is 11.6 Å². The maximum absolute atomic E-state index is 13.7. The number of piperidine rings is 1. The Morgan fingerprint density at radius 3 is 3.07 bits per heavy atom. The van der Waals surface area contributed by atoms with Crippen LogP contribution in [0.4, 0.5) is 8.78 Å². The lowest BCUT2D eigenvalue weighted by molar-refractivity contribution is -0.137. The van der Waals surface area contributed by atoms with Crippen molar-refractivity contribution >= 4 is 5.91 Å². The molecule has 0 saturated carbocycles. The summed E-state index contributed by atoms with van der Waals surface area (Å²) >= 11 is 0. The van der Waals surface area contributed by atoms with Crippen LogP contribution in [0, 0.1) is 11.6 Å². The van der Waals surface area contributed by atoms with E-state index in [0.29, 0.717) is 12.4 Å². The van der Waals surface area contributed by atoms with Crippen LogP contribution in [0.3, 0.4) is 0 Å². The quantitative estimate of drug-likeness (QED) is 0.872. The standard InChI is InChI=1S/C20H22F2N4O2/c21-14-4-5-18(15(22)9-14)28-12-19(27)26-8-2-1-3-17(26)20-24-11-13-10-23-7-6-16(13)25-20/h4-5,9,11,17,23H,1-3,6-8,10,12H2/t17-/m0/s1. The monoisotopic (exact) mass is 388 g/mol. The van der Waals surface area contributed by atoms with Gasteiger partial charge in [0.2, 0.25) is 0 Å². The van der Waals surface area contributed by atoms with Crippen molar-refractivity contribution in [3.05, 3.63) is 53.1 Å². The van der Waals surface area contributed by atoms with E-state index in [9.17, 15) is 13.6 Å². The van der Waals surface area contributed by atoms with Crippen LogP contribution in [0.5, 0.6) is 5.75 Å². The number of carbonyl (C=O) groups excluding carboxylic acids is 1. The molecule has 4 rings (SSSR count). The number of nitrogens with one attached hydrogen (secondary N) is 1. The fourth-order valence-corrected chi connectivity index (χ4v) is 3.73. The minimum Gasteiger partial charge on any atom is -0.481 e. The van der Waals surface area contributed by atoms with E-state index >= 15 is 0 Å². The molecule has 1 amide bonds. The summed E-state index contributed by atoms with van der Waals surface area (Å²) in [5.74, 6) is -1.25. The van der Waals surface area contributed by atoms with Gasteiger partial charge in [0, 0.05) is 49.6 Å². The number of likely N-dealkylation sites (tertiary alicyclic amines) is 1. The topological polar surface area (TPSA) is 67.3 Å². The van der Waals surface area contributed by atoms with Gasteiger partial charge < -0.3 is 15.0 Å². The van der Waals surface area contributed by atoms with E-state index in [1.807, 2.05) is 6.20 Å². The minimum absolute atomic E-state index is 0.138. The van der Waals surface area contributed by atoms with Crippen LogP contribution in [0.2, 0.25) is 0 Å². The molecule has 3 heterocycles. The molecule has 148 valence electrons. The predicted molar refractivity (Wildman–Crippen MR) is 97.6 cm³/mol. The van der Waals surface area contributed by atoms with Crippen molar-refractivity contribution in [3.8, 4) is 5.75 Å². The van der Waals surface area contributed by atoms with Gasteiger partial charge in [0.15, 0.2) is 24.0 Å². The van der Waals surface area contributed by atoms with Crippen molar-refractivity contribution in [3.63, 3.8) is 0 Å². The molecule has 2 aliphatic rings. The van der Waals surface area contributed by atoms with Crippen LogP contribution in [-0.4, -0.2) is 40.5 Å². The Labute approximate surface area is 161 Å². The molecule has 1 aromatic heterocycles. The van der Waals surface area contributed by atoms with Crippen molar-refractivity contribution in [1.82, 2.24) is 20.2 Å². The van der Waals surface area contributed by atoms with E-state index in [-0.39, 0.29) is 24.3 Å². The number of aromatic nitrogens is 2. The molecule has 0 unspecified atom stereocenters. The van der Waals surface area contributed by atoms with E-state index in [4.69, 9.17) is 9.72 Å². The first-order chi connectivity index (χ1) is 13.6. The third-order valence-electron chi connectivity index (χ3n) is 5.19. The lowest BCUT2D eigenvalue weighted by atomic mass is 10.0. The van der Waals surface area contributed by atoms with Crippen molar-refractivity contribution in [1.29, 1.82) is 0 Å². The number of hydrogen-bond acceptors (Lipinski definition) is 5. The summed E-state index contributed by atoms with van der Waals surface area (Å²) in [7, 11) is 0. The Bertz CT molecular complexity index is 877. The molecular weight excluding hydrogens is 366 g/mol. The van der Waals surface area contributed by atoms with Crippen LogP contribution in [-0.2, 0) is 17.8 Å². The molecule has 0 bridgehead atoms. The highest BCUT2D eigenvalue weighted by Crippen LogP contribution is 2.30. The van der Waals surface area contributed by atoms with Crippen molar-refractivity contribution in [2.24, 2.45) is 0 Å². The second kappa shape index (κ2) is 8.18. The zero-order valence-corrected chi connectivity index (χ0v) is 15.5. The number of nitrogens with zero attached hydrogens (tertiary/aromatic N) is 3. The summed E-state index contributed by atoms with van der Waals surface area (Å²) in [5.41, 5.74) is 2.13. The average molecular weight is 388 g/mol. The molecule has 6 nitrogen and oxygen atoms in total. The summed E-state index contributed by atoms with van der Waals surface area (Å²) in [6.45, 7) is 1.92. The molecular formula is C20H22F2N4O2. The summed E-state index contributed by atoms with van der Waals surface area (Å²) in [4.78, 5) is 23.7. The molecule has 28 heavy (non-hydrogen) atoms. The molecule has 1 N–H and O–H groups in total. The fourth-order valence-electron chi connectivity index (χ4n) is 3.73. The third-order valence-corrected chi connectivity index (χ3v) is 5.19. The lowest BCUT2D eigenvalue weighted by Crippen LogP contribution is -2.42.